The summed E-state index contributed by atoms with van der Waals surface area (Å²) in [7, 11) is -4.41. The Kier molecular flexibility index (Phi) is 6.54. The number of carbonyl (C=O) groups excluding carboxylic acids is 1. The van der Waals surface area contributed by atoms with E-state index < -0.39 is 38.0 Å². The molecule has 0 unspecified atom stereocenters. The third-order valence-electron chi connectivity index (χ3n) is 3.89. The molecule has 30 heavy (non-hydrogen) atoms. The summed E-state index contributed by atoms with van der Waals surface area (Å²) in [6.07, 6.45) is 1.44. The number of nitrogens with one attached hydrogen (secondary N) is 1. The summed E-state index contributed by atoms with van der Waals surface area (Å²) in [5.74, 6) is -0.700. The summed E-state index contributed by atoms with van der Waals surface area (Å²) in [5.41, 5.74) is 1.89. The fourth-order valence-corrected chi connectivity index (χ4v) is 4.72. The van der Waals surface area contributed by atoms with Crippen molar-refractivity contribution in [3.63, 3.8) is 0 Å². The van der Waals surface area contributed by atoms with Crippen LogP contribution < -0.4 is 9.73 Å². The second kappa shape index (κ2) is 9.29. The molecule has 0 radical (unpaired) electrons. The van der Waals surface area contributed by atoms with Gasteiger partial charge in [0.1, 0.15) is 6.54 Å². The van der Waals surface area contributed by atoms with E-state index >= 15 is 0 Å². The molecule has 1 N–H and O–H groups in total. The van der Waals surface area contributed by atoms with E-state index in [2.05, 4.69) is 10.5 Å². The van der Waals surface area contributed by atoms with Gasteiger partial charge in [-0.15, -0.1) is 11.3 Å². The number of amides is 1. The van der Waals surface area contributed by atoms with Crippen molar-refractivity contribution in [2.24, 2.45) is 5.10 Å². The van der Waals surface area contributed by atoms with Crippen LogP contribution in [0.5, 0.6) is 0 Å². The standard InChI is InChI=1S/C19H16N4O5S2/c24-19(21-20-13-16-9-6-12-29-16)14-22(15-7-2-1-3-8-15)30(27,28)18-11-5-4-10-17(18)23(25)26/h1-13H,14H2,(H,21,24)/b20-13+. The van der Waals surface area contributed by atoms with E-state index in [1.54, 1.807) is 24.3 Å². The number of thiophene rings is 1. The molecule has 0 spiro atoms. The number of anilines is 1. The van der Waals surface area contributed by atoms with Crippen molar-refractivity contribution in [3.8, 4) is 0 Å². The number of sulfonamides is 1. The summed E-state index contributed by atoms with van der Waals surface area (Å²) in [4.78, 5) is 23.2. The Hall–Kier alpha value is -3.57. The summed E-state index contributed by atoms with van der Waals surface area (Å²) in [5, 5.41) is 17.0. The van der Waals surface area contributed by atoms with Crippen LogP contribution in [0.25, 0.3) is 0 Å². The van der Waals surface area contributed by atoms with Crippen molar-refractivity contribution in [3.05, 3.63) is 87.1 Å². The summed E-state index contributed by atoms with van der Waals surface area (Å²) < 4.78 is 27.3. The maximum absolute atomic E-state index is 13.3. The van der Waals surface area contributed by atoms with Crippen LogP contribution in [0.15, 0.2) is 82.1 Å². The first-order valence-electron chi connectivity index (χ1n) is 8.56. The van der Waals surface area contributed by atoms with Gasteiger partial charge in [0, 0.05) is 10.9 Å². The van der Waals surface area contributed by atoms with Gasteiger partial charge >= 0.3 is 0 Å². The molecule has 1 amide bonds. The van der Waals surface area contributed by atoms with Gasteiger partial charge in [0.15, 0.2) is 4.90 Å². The highest BCUT2D eigenvalue weighted by Gasteiger charge is 2.32. The smallest absolute Gasteiger partial charge is 0.271 e. The Labute approximate surface area is 176 Å². The van der Waals surface area contributed by atoms with Crippen LogP contribution in [0, 0.1) is 10.1 Å². The minimum Gasteiger partial charge on any atom is -0.271 e. The van der Waals surface area contributed by atoms with Crippen molar-refractivity contribution in [1.29, 1.82) is 0 Å². The molecule has 0 saturated carbocycles. The highest BCUT2D eigenvalue weighted by Crippen LogP contribution is 2.29. The lowest BCUT2D eigenvalue weighted by atomic mass is 10.3. The Morgan fingerprint density at radius 3 is 2.47 bits per heavy atom. The van der Waals surface area contributed by atoms with E-state index in [0.29, 0.717) is 0 Å². The number of nitro benzene ring substituents is 1. The first-order valence-corrected chi connectivity index (χ1v) is 10.9. The monoisotopic (exact) mass is 444 g/mol. The van der Waals surface area contributed by atoms with E-state index in [0.717, 1.165) is 21.3 Å². The fraction of sp³-hybridized carbons (Fsp3) is 0.0526. The number of hydrazone groups is 1. The number of hydrogen-bond donors (Lipinski definition) is 1. The number of carbonyl (C=O) groups is 1. The largest absolute Gasteiger partial charge is 0.289 e. The van der Waals surface area contributed by atoms with Gasteiger partial charge in [-0.1, -0.05) is 36.4 Å². The fourth-order valence-electron chi connectivity index (χ4n) is 2.55. The highest BCUT2D eigenvalue weighted by atomic mass is 32.2. The third kappa shape index (κ3) is 4.88. The topological polar surface area (TPSA) is 122 Å². The minimum atomic E-state index is -4.41. The van der Waals surface area contributed by atoms with Crippen LogP contribution in [0.3, 0.4) is 0 Å². The zero-order chi connectivity index (χ0) is 21.6. The Balaban J connectivity index is 1.92. The Morgan fingerprint density at radius 2 is 1.80 bits per heavy atom. The van der Waals surface area contributed by atoms with Crippen molar-refractivity contribution in [1.82, 2.24) is 5.43 Å². The van der Waals surface area contributed by atoms with Gasteiger partial charge in [0.25, 0.3) is 21.6 Å². The van der Waals surface area contributed by atoms with E-state index in [9.17, 15) is 23.3 Å². The molecule has 0 atom stereocenters. The lowest BCUT2D eigenvalue weighted by Gasteiger charge is -2.23. The molecule has 3 rings (SSSR count). The number of hydrogen-bond acceptors (Lipinski definition) is 7. The van der Waals surface area contributed by atoms with Gasteiger partial charge in [0.05, 0.1) is 16.8 Å². The van der Waals surface area contributed by atoms with Gasteiger partial charge in [-0.2, -0.15) is 5.10 Å². The van der Waals surface area contributed by atoms with E-state index in [-0.39, 0.29) is 5.69 Å². The van der Waals surface area contributed by atoms with Crippen molar-refractivity contribution < 1.29 is 18.1 Å². The summed E-state index contributed by atoms with van der Waals surface area (Å²) >= 11 is 1.42. The lowest BCUT2D eigenvalue weighted by molar-refractivity contribution is -0.387. The first kappa shape index (κ1) is 21.1. The molecule has 154 valence electrons. The highest BCUT2D eigenvalue weighted by molar-refractivity contribution is 7.93. The van der Waals surface area contributed by atoms with Gasteiger partial charge in [-0.25, -0.2) is 13.8 Å². The molecule has 2 aromatic carbocycles. The molecule has 0 saturated heterocycles. The molecule has 11 heteroatoms. The number of benzene rings is 2. The Morgan fingerprint density at radius 1 is 1.10 bits per heavy atom. The predicted octanol–water partition coefficient (Wildman–Crippen LogP) is 3.00. The Bertz CT molecular complexity index is 1160. The van der Waals surface area contributed by atoms with Gasteiger partial charge in [-0.3, -0.25) is 19.2 Å². The second-order valence-corrected chi connectivity index (χ2v) is 8.69. The van der Waals surface area contributed by atoms with Crippen LogP contribution in [-0.2, 0) is 14.8 Å². The van der Waals surface area contributed by atoms with Crippen LogP contribution in [-0.4, -0.2) is 32.0 Å². The zero-order valence-electron chi connectivity index (χ0n) is 15.4. The van der Waals surface area contributed by atoms with Crippen molar-refractivity contribution >= 4 is 44.9 Å². The van der Waals surface area contributed by atoms with Gasteiger partial charge in [0.2, 0.25) is 0 Å². The quantitative estimate of drug-likeness (QED) is 0.325. The van der Waals surface area contributed by atoms with Crippen LogP contribution in [0.2, 0.25) is 0 Å². The molecule has 0 fully saturated rings. The molecule has 0 aliphatic carbocycles. The molecule has 0 aliphatic rings. The van der Waals surface area contributed by atoms with E-state index in [4.69, 9.17) is 0 Å². The van der Waals surface area contributed by atoms with Crippen molar-refractivity contribution in [2.45, 2.75) is 4.90 Å². The number of nitro groups is 1. The van der Waals surface area contributed by atoms with Gasteiger partial charge in [-0.05, 0) is 29.6 Å². The van der Waals surface area contributed by atoms with E-state index in [1.165, 1.54) is 41.8 Å². The normalized spacial score (nSPS) is 11.3. The van der Waals surface area contributed by atoms with Crippen LogP contribution in [0.4, 0.5) is 11.4 Å². The molecule has 0 aliphatic heterocycles. The maximum Gasteiger partial charge on any atom is 0.289 e. The molecular formula is C19H16N4O5S2. The average Bonchev–Trinajstić information content (AvgIpc) is 3.26. The second-order valence-electron chi connectivity index (χ2n) is 5.88. The molecule has 0 bridgehead atoms. The third-order valence-corrected chi connectivity index (χ3v) is 6.51. The number of nitrogens with zero attached hydrogens (tertiary/aromatic N) is 3. The summed E-state index contributed by atoms with van der Waals surface area (Å²) in [6.45, 7) is -0.611. The van der Waals surface area contributed by atoms with E-state index in [1.807, 2.05) is 11.4 Å². The molecule has 1 heterocycles. The molecular weight excluding hydrogens is 428 g/mol. The van der Waals surface area contributed by atoms with Crippen LogP contribution >= 0.6 is 11.3 Å². The maximum atomic E-state index is 13.3. The van der Waals surface area contributed by atoms with Gasteiger partial charge < -0.3 is 0 Å². The predicted molar refractivity (Wildman–Crippen MR) is 114 cm³/mol. The first-order chi connectivity index (χ1) is 14.4. The average molecular weight is 444 g/mol. The number of para-hydroxylation sites is 2. The minimum absolute atomic E-state index is 0.188. The van der Waals surface area contributed by atoms with Crippen LogP contribution in [0.1, 0.15) is 4.88 Å². The zero-order valence-corrected chi connectivity index (χ0v) is 17.0. The van der Waals surface area contributed by atoms with Crippen molar-refractivity contribution in [2.75, 3.05) is 10.8 Å². The molecule has 9 nitrogen and oxygen atoms in total. The number of rotatable bonds is 8. The molecule has 1 aromatic heterocycles. The molecule has 3 aromatic rings. The lowest BCUT2D eigenvalue weighted by Crippen LogP contribution is -2.39. The summed E-state index contributed by atoms with van der Waals surface area (Å²) in [6, 6.07) is 16.5. The SMILES string of the molecule is O=C(CN(c1ccccc1)S(=O)(=O)c1ccccc1[N+](=O)[O-])N/N=C/c1cccs1.